The maximum atomic E-state index is 11.9. The molecular weight excluding hydrogens is 264 g/mol. The number of carbonyl (C=O) groups is 2. The van der Waals surface area contributed by atoms with E-state index in [-0.39, 0.29) is 24.1 Å². The zero-order valence-corrected chi connectivity index (χ0v) is 11.6. The van der Waals surface area contributed by atoms with Gasteiger partial charge >= 0.3 is 5.97 Å². The van der Waals surface area contributed by atoms with E-state index in [9.17, 15) is 9.59 Å². The van der Waals surface area contributed by atoms with E-state index in [1.54, 1.807) is 24.3 Å². The molecule has 1 aliphatic carbocycles. The normalized spacial score (nSPS) is 13.7. The van der Waals surface area contributed by atoms with E-state index in [1.165, 1.54) is 0 Å². The van der Waals surface area contributed by atoms with Crippen LogP contribution in [-0.4, -0.2) is 11.8 Å². The summed E-state index contributed by atoms with van der Waals surface area (Å²) in [6, 6.07) is 16.3. The SMILES string of the molecule is O=C(Cc1ccccc1)Oc1ccc(C(=O)C2CC2)cc1. The second-order valence-corrected chi connectivity index (χ2v) is 5.30. The molecule has 0 atom stereocenters. The zero-order chi connectivity index (χ0) is 14.7. The highest BCUT2D eigenvalue weighted by Crippen LogP contribution is 2.32. The van der Waals surface area contributed by atoms with Crippen molar-refractivity contribution in [3.63, 3.8) is 0 Å². The van der Waals surface area contributed by atoms with Crippen molar-refractivity contribution in [2.75, 3.05) is 0 Å². The average molecular weight is 280 g/mol. The summed E-state index contributed by atoms with van der Waals surface area (Å²) in [5, 5.41) is 0. The van der Waals surface area contributed by atoms with E-state index in [0.29, 0.717) is 11.3 Å². The van der Waals surface area contributed by atoms with Crippen molar-refractivity contribution < 1.29 is 14.3 Å². The summed E-state index contributed by atoms with van der Waals surface area (Å²) in [6.07, 6.45) is 2.23. The monoisotopic (exact) mass is 280 g/mol. The van der Waals surface area contributed by atoms with Crippen LogP contribution in [0.15, 0.2) is 54.6 Å². The van der Waals surface area contributed by atoms with Gasteiger partial charge in [-0.1, -0.05) is 30.3 Å². The molecule has 21 heavy (non-hydrogen) atoms. The molecule has 0 radical (unpaired) electrons. The second kappa shape index (κ2) is 5.92. The molecule has 3 nitrogen and oxygen atoms in total. The Balaban J connectivity index is 1.59. The number of hydrogen-bond donors (Lipinski definition) is 0. The third-order valence-electron chi connectivity index (χ3n) is 3.51. The van der Waals surface area contributed by atoms with E-state index in [4.69, 9.17) is 4.74 Å². The first-order valence-corrected chi connectivity index (χ1v) is 7.11. The number of carbonyl (C=O) groups excluding carboxylic acids is 2. The highest BCUT2D eigenvalue weighted by Gasteiger charge is 2.30. The maximum Gasteiger partial charge on any atom is 0.315 e. The molecule has 1 saturated carbocycles. The minimum atomic E-state index is -0.303. The number of Topliss-reactive ketones (excluding diaryl/α,β-unsaturated/α-hetero) is 1. The van der Waals surface area contributed by atoms with Crippen molar-refractivity contribution >= 4 is 11.8 Å². The van der Waals surface area contributed by atoms with Gasteiger partial charge in [0.1, 0.15) is 5.75 Å². The molecular formula is C18H16O3. The van der Waals surface area contributed by atoms with Crippen LogP contribution in [0.25, 0.3) is 0 Å². The number of ether oxygens (including phenoxy) is 1. The standard InChI is InChI=1S/C18H16O3/c19-17(12-13-4-2-1-3-5-13)21-16-10-8-15(9-11-16)18(20)14-6-7-14/h1-5,8-11,14H,6-7,12H2. The van der Waals surface area contributed by atoms with Crippen molar-refractivity contribution in [2.24, 2.45) is 5.92 Å². The minimum Gasteiger partial charge on any atom is -0.426 e. The van der Waals surface area contributed by atoms with Crippen LogP contribution in [0.1, 0.15) is 28.8 Å². The summed E-state index contributed by atoms with van der Waals surface area (Å²) in [7, 11) is 0. The molecule has 0 aliphatic heterocycles. The van der Waals surface area contributed by atoms with E-state index in [0.717, 1.165) is 18.4 Å². The Hall–Kier alpha value is -2.42. The Bertz CT molecular complexity index is 640. The number of hydrogen-bond acceptors (Lipinski definition) is 3. The van der Waals surface area contributed by atoms with Crippen LogP contribution in [0.3, 0.4) is 0 Å². The number of benzene rings is 2. The number of esters is 1. The lowest BCUT2D eigenvalue weighted by Gasteiger charge is -2.05. The molecule has 1 fully saturated rings. The lowest BCUT2D eigenvalue weighted by Crippen LogP contribution is -2.11. The summed E-state index contributed by atoms with van der Waals surface area (Å²) in [4.78, 5) is 23.7. The molecule has 0 amide bonds. The molecule has 0 N–H and O–H groups in total. The summed E-state index contributed by atoms with van der Waals surface area (Å²) in [5.41, 5.74) is 1.61. The van der Waals surface area contributed by atoms with Gasteiger partial charge in [0.05, 0.1) is 6.42 Å². The predicted molar refractivity (Wildman–Crippen MR) is 79.3 cm³/mol. The van der Waals surface area contributed by atoms with E-state index >= 15 is 0 Å². The molecule has 0 bridgehead atoms. The summed E-state index contributed by atoms with van der Waals surface area (Å²) in [6.45, 7) is 0. The predicted octanol–water partition coefficient (Wildman–Crippen LogP) is 3.43. The van der Waals surface area contributed by atoms with Crippen LogP contribution in [0.5, 0.6) is 5.75 Å². The van der Waals surface area contributed by atoms with Gasteiger partial charge in [-0.05, 0) is 42.7 Å². The van der Waals surface area contributed by atoms with Crippen LogP contribution in [0.2, 0.25) is 0 Å². The van der Waals surface area contributed by atoms with Crippen molar-refractivity contribution in [3.05, 3.63) is 65.7 Å². The Morgan fingerprint density at radius 2 is 1.62 bits per heavy atom. The van der Waals surface area contributed by atoms with Crippen LogP contribution >= 0.6 is 0 Å². The molecule has 3 rings (SSSR count). The van der Waals surface area contributed by atoms with Gasteiger partial charge in [0.2, 0.25) is 0 Å². The van der Waals surface area contributed by atoms with E-state index in [1.807, 2.05) is 30.3 Å². The first-order valence-electron chi connectivity index (χ1n) is 7.11. The van der Waals surface area contributed by atoms with Gasteiger partial charge < -0.3 is 4.74 Å². The van der Waals surface area contributed by atoms with Gasteiger partial charge in [-0.15, -0.1) is 0 Å². The molecule has 0 unspecified atom stereocenters. The topological polar surface area (TPSA) is 43.4 Å². The van der Waals surface area contributed by atoms with Crippen LogP contribution in [0.4, 0.5) is 0 Å². The smallest absolute Gasteiger partial charge is 0.315 e. The molecule has 106 valence electrons. The first kappa shape index (κ1) is 13.6. The highest BCUT2D eigenvalue weighted by molar-refractivity contribution is 5.99. The molecule has 0 spiro atoms. The van der Waals surface area contributed by atoms with Gasteiger partial charge in [-0.3, -0.25) is 9.59 Å². The lowest BCUT2D eigenvalue weighted by molar-refractivity contribution is -0.133. The Morgan fingerprint density at radius 3 is 2.24 bits per heavy atom. The molecule has 2 aromatic carbocycles. The van der Waals surface area contributed by atoms with Gasteiger partial charge in [-0.25, -0.2) is 0 Å². The average Bonchev–Trinajstić information content (AvgIpc) is 3.33. The van der Waals surface area contributed by atoms with Crippen LogP contribution in [0, 0.1) is 5.92 Å². The summed E-state index contributed by atoms with van der Waals surface area (Å²) < 4.78 is 5.28. The van der Waals surface area contributed by atoms with Crippen molar-refractivity contribution in [1.82, 2.24) is 0 Å². The fourth-order valence-electron chi connectivity index (χ4n) is 2.20. The highest BCUT2D eigenvalue weighted by atomic mass is 16.5. The molecule has 3 heteroatoms. The van der Waals surface area contributed by atoms with Crippen molar-refractivity contribution in [2.45, 2.75) is 19.3 Å². The number of ketones is 1. The maximum absolute atomic E-state index is 11.9. The zero-order valence-electron chi connectivity index (χ0n) is 11.6. The van der Waals surface area contributed by atoms with Gasteiger partial charge in [0, 0.05) is 11.5 Å². The van der Waals surface area contributed by atoms with Gasteiger partial charge in [-0.2, -0.15) is 0 Å². The largest absolute Gasteiger partial charge is 0.426 e. The Morgan fingerprint density at radius 1 is 0.952 bits per heavy atom. The van der Waals surface area contributed by atoms with Gasteiger partial charge in [0.15, 0.2) is 5.78 Å². The third-order valence-corrected chi connectivity index (χ3v) is 3.51. The summed E-state index contributed by atoms with van der Waals surface area (Å²) in [5.74, 6) is 0.569. The lowest BCUT2D eigenvalue weighted by atomic mass is 10.1. The van der Waals surface area contributed by atoms with Gasteiger partial charge in [0.25, 0.3) is 0 Å². The fourth-order valence-corrected chi connectivity index (χ4v) is 2.20. The van der Waals surface area contributed by atoms with Crippen molar-refractivity contribution in [3.8, 4) is 5.75 Å². The quantitative estimate of drug-likeness (QED) is 0.479. The second-order valence-electron chi connectivity index (χ2n) is 5.30. The summed E-state index contributed by atoms with van der Waals surface area (Å²) >= 11 is 0. The molecule has 1 aliphatic rings. The first-order chi connectivity index (χ1) is 10.2. The molecule has 0 saturated heterocycles. The molecule has 0 heterocycles. The third kappa shape index (κ3) is 3.57. The fraction of sp³-hybridized carbons (Fsp3) is 0.222. The van der Waals surface area contributed by atoms with Crippen LogP contribution < -0.4 is 4.74 Å². The van der Waals surface area contributed by atoms with Crippen molar-refractivity contribution in [1.29, 1.82) is 0 Å². The van der Waals surface area contributed by atoms with E-state index in [2.05, 4.69) is 0 Å². The molecule has 0 aromatic heterocycles. The van der Waals surface area contributed by atoms with Crippen LogP contribution in [-0.2, 0) is 11.2 Å². The minimum absolute atomic E-state index is 0.192. The Kier molecular flexibility index (Phi) is 3.82. The Labute approximate surface area is 123 Å². The number of rotatable bonds is 5. The molecule has 2 aromatic rings. The van der Waals surface area contributed by atoms with E-state index < -0.39 is 0 Å².